The molecule has 0 unspecified atom stereocenters. The Morgan fingerprint density at radius 2 is 1.68 bits per heavy atom. The Kier molecular flexibility index (Phi) is 11.2. The summed E-state index contributed by atoms with van der Waals surface area (Å²) in [6.07, 6.45) is 1.19. The Labute approximate surface area is 237 Å². The van der Waals surface area contributed by atoms with Crippen LogP contribution in [0, 0.1) is 11.8 Å². The van der Waals surface area contributed by atoms with E-state index in [1.54, 1.807) is 19.3 Å². The molecule has 0 aliphatic carbocycles. The van der Waals surface area contributed by atoms with Crippen molar-refractivity contribution in [3.05, 3.63) is 72.0 Å². The number of carbonyl (C=O) groups excluding carboxylic acids is 3. The van der Waals surface area contributed by atoms with Crippen molar-refractivity contribution in [1.29, 1.82) is 0 Å². The Morgan fingerprint density at radius 3 is 2.32 bits per heavy atom. The van der Waals surface area contributed by atoms with Crippen LogP contribution in [0.4, 0.5) is 0 Å². The minimum absolute atomic E-state index is 0.0967. The van der Waals surface area contributed by atoms with E-state index < -0.39 is 37.2 Å². The standard InChI is InChI=1S/C28H34N3O9P/c1-3-22(27(33)31-35)23(11-10-18-8-6-5-7-9-18)26(32)29-17-30-28(34)25-13-12-24(40-25)19-14-20(39-4-2)16-21(15-19)41(36,37)38/h5-9,12-16,22-23,35H,3-4,10-11,17H2,1-2H3,(H,29,32)(H,30,34)(H,31,33)(H2,36,37,38)/t22-,23-/m1/s1. The minimum Gasteiger partial charge on any atom is -0.494 e. The van der Waals surface area contributed by atoms with Gasteiger partial charge in [-0.25, -0.2) is 5.48 Å². The molecule has 0 aliphatic heterocycles. The molecule has 3 amide bonds. The van der Waals surface area contributed by atoms with Crippen LogP contribution in [0.25, 0.3) is 11.3 Å². The normalized spacial score (nSPS) is 12.7. The number of ether oxygens (including phenoxy) is 1. The summed E-state index contributed by atoms with van der Waals surface area (Å²) in [6.45, 7) is 3.49. The third-order valence-corrected chi connectivity index (χ3v) is 7.39. The summed E-state index contributed by atoms with van der Waals surface area (Å²) >= 11 is 0. The van der Waals surface area contributed by atoms with Gasteiger partial charge in [-0.3, -0.25) is 24.2 Å². The predicted octanol–water partition coefficient (Wildman–Crippen LogP) is 2.73. The van der Waals surface area contributed by atoms with Gasteiger partial charge in [0.25, 0.3) is 5.91 Å². The van der Waals surface area contributed by atoms with Crippen molar-refractivity contribution >= 4 is 30.6 Å². The number of hydrogen-bond donors (Lipinski definition) is 6. The zero-order chi connectivity index (χ0) is 30.0. The Morgan fingerprint density at radius 1 is 0.951 bits per heavy atom. The van der Waals surface area contributed by atoms with E-state index >= 15 is 0 Å². The first-order valence-corrected chi connectivity index (χ1v) is 14.7. The molecule has 1 aromatic heterocycles. The van der Waals surface area contributed by atoms with E-state index in [0.29, 0.717) is 24.8 Å². The van der Waals surface area contributed by atoms with Gasteiger partial charge in [-0.15, -0.1) is 0 Å². The van der Waals surface area contributed by atoms with Crippen LogP contribution in [0.15, 0.2) is 65.1 Å². The summed E-state index contributed by atoms with van der Waals surface area (Å²) in [6, 6.07) is 16.4. The first kappa shape index (κ1) is 31.6. The largest absolute Gasteiger partial charge is 0.494 e. The molecule has 3 aromatic rings. The molecule has 0 spiro atoms. The quantitative estimate of drug-likeness (QED) is 0.0713. The average Bonchev–Trinajstić information content (AvgIpc) is 3.45. The zero-order valence-corrected chi connectivity index (χ0v) is 23.6. The highest BCUT2D eigenvalue weighted by molar-refractivity contribution is 7.60. The number of nitrogens with one attached hydrogen (secondary N) is 3. The van der Waals surface area contributed by atoms with E-state index in [2.05, 4.69) is 10.6 Å². The van der Waals surface area contributed by atoms with Crippen LogP contribution >= 0.6 is 7.60 Å². The van der Waals surface area contributed by atoms with E-state index in [9.17, 15) is 28.7 Å². The van der Waals surface area contributed by atoms with Crippen molar-refractivity contribution < 1.29 is 43.1 Å². The molecule has 0 saturated carbocycles. The summed E-state index contributed by atoms with van der Waals surface area (Å²) < 4.78 is 22.8. The summed E-state index contributed by atoms with van der Waals surface area (Å²) in [5.41, 5.74) is 2.92. The Hall–Kier alpha value is -3.96. The topological polar surface area (TPSA) is 187 Å². The summed E-state index contributed by atoms with van der Waals surface area (Å²) in [5.74, 6) is -3.00. The highest BCUT2D eigenvalue weighted by Gasteiger charge is 2.32. The van der Waals surface area contributed by atoms with E-state index in [4.69, 9.17) is 14.4 Å². The molecule has 12 nitrogen and oxygen atoms in total. The van der Waals surface area contributed by atoms with Crippen LogP contribution in [0.1, 0.15) is 42.8 Å². The smallest absolute Gasteiger partial charge is 0.356 e. The second kappa shape index (κ2) is 14.6. The lowest BCUT2D eigenvalue weighted by Crippen LogP contribution is -2.45. The van der Waals surface area contributed by atoms with Gasteiger partial charge in [0.15, 0.2) is 5.76 Å². The molecule has 2 atom stereocenters. The predicted molar refractivity (Wildman–Crippen MR) is 149 cm³/mol. The molecule has 41 heavy (non-hydrogen) atoms. The Bertz CT molecular complexity index is 1390. The summed E-state index contributed by atoms with van der Waals surface area (Å²) in [5, 5.41) is 14.1. The summed E-state index contributed by atoms with van der Waals surface area (Å²) in [7, 11) is -4.58. The minimum atomic E-state index is -4.58. The molecular formula is C28H34N3O9P. The number of amides is 3. The fourth-order valence-electron chi connectivity index (χ4n) is 4.41. The first-order chi connectivity index (χ1) is 19.6. The van der Waals surface area contributed by atoms with Crippen molar-refractivity contribution in [2.24, 2.45) is 11.8 Å². The summed E-state index contributed by atoms with van der Waals surface area (Å²) in [4.78, 5) is 57.2. The van der Waals surface area contributed by atoms with Crippen molar-refractivity contribution in [1.82, 2.24) is 16.1 Å². The van der Waals surface area contributed by atoms with Gasteiger partial charge in [-0.1, -0.05) is 37.3 Å². The lowest BCUT2D eigenvalue weighted by Gasteiger charge is -2.24. The van der Waals surface area contributed by atoms with Crippen molar-refractivity contribution in [3.8, 4) is 17.1 Å². The van der Waals surface area contributed by atoms with E-state index in [1.807, 2.05) is 30.3 Å². The van der Waals surface area contributed by atoms with Crippen molar-refractivity contribution in [3.63, 3.8) is 0 Å². The number of carbonyl (C=O) groups is 3. The number of rotatable bonds is 14. The van der Waals surface area contributed by atoms with Crippen LogP contribution < -0.4 is 26.2 Å². The fourth-order valence-corrected chi connectivity index (χ4v) is 5.01. The molecule has 0 bridgehead atoms. The molecule has 13 heteroatoms. The molecule has 6 N–H and O–H groups in total. The second-order valence-electron chi connectivity index (χ2n) is 9.20. The van der Waals surface area contributed by atoms with Gasteiger partial charge in [0.2, 0.25) is 11.8 Å². The fraction of sp³-hybridized carbons (Fsp3) is 0.321. The number of hydrogen-bond acceptors (Lipinski definition) is 7. The average molecular weight is 588 g/mol. The van der Waals surface area contributed by atoms with E-state index in [-0.39, 0.29) is 35.9 Å². The van der Waals surface area contributed by atoms with Crippen LogP contribution in [0.3, 0.4) is 0 Å². The van der Waals surface area contributed by atoms with Gasteiger partial charge < -0.3 is 29.6 Å². The second-order valence-corrected chi connectivity index (χ2v) is 10.8. The Balaban J connectivity index is 1.67. The molecule has 0 radical (unpaired) electrons. The SMILES string of the molecule is CCOc1cc(-c2ccc(C(=O)NCNC(=O)[C@H](CCc3ccccc3)[C@@H](CC)C(=O)NO)o2)cc(P(=O)(O)O)c1. The van der Waals surface area contributed by atoms with Crippen LogP contribution in [-0.2, 0) is 20.6 Å². The number of aryl methyl sites for hydroxylation is 1. The number of furan rings is 1. The zero-order valence-electron chi connectivity index (χ0n) is 22.7. The third kappa shape index (κ3) is 8.76. The lowest BCUT2D eigenvalue weighted by molar-refractivity contribution is -0.140. The van der Waals surface area contributed by atoms with Crippen LogP contribution in [0.5, 0.6) is 5.75 Å². The number of hydroxylamine groups is 1. The molecule has 1 heterocycles. The van der Waals surface area contributed by atoms with Gasteiger partial charge in [-0.05, 0) is 62.1 Å². The molecule has 0 fully saturated rings. The molecule has 0 aliphatic rings. The van der Waals surface area contributed by atoms with Crippen LogP contribution in [0.2, 0.25) is 0 Å². The molecule has 220 valence electrons. The van der Waals surface area contributed by atoms with Gasteiger partial charge in [0.05, 0.1) is 24.5 Å². The number of benzene rings is 2. The van der Waals surface area contributed by atoms with Crippen molar-refractivity contribution in [2.75, 3.05) is 13.3 Å². The van der Waals surface area contributed by atoms with Gasteiger partial charge in [0, 0.05) is 11.5 Å². The third-order valence-electron chi connectivity index (χ3n) is 6.46. The monoisotopic (exact) mass is 587 g/mol. The maximum atomic E-state index is 13.1. The first-order valence-electron chi connectivity index (χ1n) is 13.0. The molecule has 3 rings (SSSR count). The van der Waals surface area contributed by atoms with E-state index in [0.717, 1.165) is 5.56 Å². The molecule has 0 saturated heterocycles. The lowest BCUT2D eigenvalue weighted by atomic mass is 9.84. The molecular weight excluding hydrogens is 553 g/mol. The van der Waals surface area contributed by atoms with Gasteiger partial charge >= 0.3 is 7.60 Å². The van der Waals surface area contributed by atoms with E-state index in [1.165, 1.54) is 30.3 Å². The maximum Gasteiger partial charge on any atom is 0.356 e. The van der Waals surface area contributed by atoms with Gasteiger partial charge in [0.1, 0.15) is 11.5 Å². The van der Waals surface area contributed by atoms with Crippen molar-refractivity contribution in [2.45, 2.75) is 33.1 Å². The van der Waals surface area contributed by atoms with Crippen LogP contribution in [-0.4, -0.2) is 46.0 Å². The maximum absolute atomic E-state index is 13.1. The highest BCUT2D eigenvalue weighted by Crippen LogP contribution is 2.37. The van der Waals surface area contributed by atoms with Gasteiger partial charge in [-0.2, -0.15) is 0 Å². The molecule has 2 aromatic carbocycles. The highest BCUT2D eigenvalue weighted by atomic mass is 31.2.